The van der Waals surface area contributed by atoms with Gasteiger partial charge in [-0.05, 0) is 56.3 Å². The number of amides is 1. The summed E-state index contributed by atoms with van der Waals surface area (Å²) in [6.07, 6.45) is 8.37. The Morgan fingerprint density at radius 1 is 1.03 bits per heavy atom. The highest BCUT2D eigenvalue weighted by Crippen LogP contribution is 2.35. The Morgan fingerprint density at radius 3 is 2.54 bits per heavy atom. The highest BCUT2D eigenvalue weighted by Gasteiger charge is 2.29. The number of likely N-dealkylation sites (tertiary alicyclic amines) is 1. The Bertz CT molecular complexity index is 1450. The fourth-order valence-electron chi connectivity index (χ4n) is 4.66. The molecule has 1 atom stereocenters. The van der Waals surface area contributed by atoms with Gasteiger partial charge in [-0.15, -0.1) is 5.10 Å². The van der Waals surface area contributed by atoms with E-state index >= 15 is 0 Å². The molecule has 9 heteroatoms. The summed E-state index contributed by atoms with van der Waals surface area (Å²) in [6, 6.07) is 19.5. The number of H-pyrrole nitrogens is 1. The SMILES string of the molecule is CN(C/C=C/C(=O)N1CC[C@@H](Oc2n[nH]c3nccc(Oc4ccc(Oc5ccccc5)cc4)c23)C1)C1CC1. The van der Waals surface area contributed by atoms with Gasteiger partial charge in [-0.3, -0.25) is 14.8 Å². The van der Waals surface area contributed by atoms with Crippen molar-refractivity contribution < 1.29 is 19.0 Å². The summed E-state index contributed by atoms with van der Waals surface area (Å²) in [6.45, 7) is 1.95. The van der Waals surface area contributed by atoms with Crippen LogP contribution in [0.1, 0.15) is 19.3 Å². The number of benzene rings is 2. The lowest BCUT2D eigenvalue weighted by Gasteiger charge is -2.16. The van der Waals surface area contributed by atoms with E-state index in [2.05, 4.69) is 27.1 Å². The molecule has 2 aromatic heterocycles. The molecule has 3 heterocycles. The van der Waals surface area contributed by atoms with Crippen molar-refractivity contribution in [1.82, 2.24) is 25.0 Å². The van der Waals surface area contributed by atoms with E-state index in [1.807, 2.05) is 65.6 Å². The molecule has 1 aliphatic carbocycles. The van der Waals surface area contributed by atoms with Gasteiger partial charge in [0.2, 0.25) is 11.8 Å². The molecule has 1 amide bonds. The van der Waals surface area contributed by atoms with E-state index in [0.717, 1.165) is 18.7 Å². The minimum Gasteiger partial charge on any atom is -0.471 e. The maximum atomic E-state index is 12.7. The number of hydrogen-bond donors (Lipinski definition) is 1. The number of rotatable bonds is 10. The van der Waals surface area contributed by atoms with Gasteiger partial charge >= 0.3 is 0 Å². The van der Waals surface area contributed by atoms with Crippen molar-refractivity contribution in [2.75, 3.05) is 26.7 Å². The second-order valence-electron chi connectivity index (χ2n) is 9.94. The summed E-state index contributed by atoms with van der Waals surface area (Å²) in [7, 11) is 2.10. The standard InChI is InChI=1S/C30H31N5O4/c1-34(21-9-10-21)18-5-8-27(36)35-19-16-25(20-35)39-30-28-26(15-17-31-29(28)32-33-30)38-24-13-11-23(12-14-24)37-22-6-3-2-4-7-22/h2-8,11-15,17,21,25H,9-10,16,18-20H2,1H3,(H,31,32,33)/b8-5+/t25-/m1/s1. The van der Waals surface area contributed by atoms with Crippen LogP contribution in [0.5, 0.6) is 28.9 Å². The summed E-state index contributed by atoms with van der Waals surface area (Å²) in [4.78, 5) is 21.1. The molecule has 1 saturated heterocycles. The lowest BCUT2D eigenvalue weighted by molar-refractivity contribution is -0.125. The van der Waals surface area contributed by atoms with Crippen LogP contribution in [0, 0.1) is 0 Å². The van der Waals surface area contributed by atoms with Crippen LogP contribution in [0.3, 0.4) is 0 Å². The Morgan fingerprint density at radius 2 is 1.77 bits per heavy atom. The molecule has 0 radical (unpaired) electrons. The second kappa shape index (κ2) is 11.2. The number of fused-ring (bicyclic) bond motifs is 1. The highest BCUT2D eigenvalue weighted by atomic mass is 16.5. The molecule has 39 heavy (non-hydrogen) atoms. The number of pyridine rings is 1. The molecular formula is C30H31N5O4. The quantitative estimate of drug-likeness (QED) is 0.286. The van der Waals surface area contributed by atoms with E-state index in [9.17, 15) is 4.79 Å². The highest BCUT2D eigenvalue weighted by molar-refractivity contribution is 5.88. The fourth-order valence-corrected chi connectivity index (χ4v) is 4.66. The molecule has 0 unspecified atom stereocenters. The van der Waals surface area contributed by atoms with Crippen LogP contribution in [0.2, 0.25) is 0 Å². The summed E-state index contributed by atoms with van der Waals surface area (Å²) in [5.74, 6) is 3.14. The van der Waals surface area contributed by atoms with Gasteiger partial charge in [0, 0.05) is 43.9 Å². The van der Waals surface area contributed by atoms with Crippen LogP contribution in [0.25, 0.3) is 11.0 Å². The van der Waals surface area contributed by atoms with Gasteiger partial charge in [-0.25, -0.2) is 4.98 Å². The zero-order chi connectivity index (χ0) is 26.6. The van der Waals surface area contributed by atoms with Crippen LogP contribution < -0.4 is 14.2 Å². The first kappa shape index (κ1) is 24.9. The van der Waals surface area contributed by atoms with Crippen molar-refractivity contribution in [1.29, 1.82) is 0 Å². The molecule has 2 fully saturated rings. The van der Waals surface area contributed by atoms with Crippen molar-refractivity contribution in [2.24, 2.45) is 0 Å². The Balaban J connectivity index is 1.09. The summed E-state index contributed by atoms with van der Waals surface area (Å²) in [5.41, 5.74) is 0.570. The molecule has 1 saturated carbocycles. The minimum absolute atomic E-state index is 0.0163. The molecule has 1 aliphatic heterocycles. The summed E-state index contributed by atoms with van der Waals surface area (Å²) >= 11 is 0. The maximum absolute atomic E-state index is 12.7. The van der Waals surface area contributed by atoms with E-state index in [0.29, 0.717) is 53.3 Å². The van der Waals surface area contributed by atoms with Crippen LogP contribution in [0.4, 0.5) is 0 Å². The first-order valence-electron chi connectivity index (χ1n) is 13.3. The van der Waals surface area contributed by atoms with E-state index in [1.54, 1.807) is 18.3 Å². The number of hydrogen-bond acceptors (Lipinski definition) is 7. The van der Waals surface area contributed by atoms with Gasteiger partial charge < -0.3 is 19.1 Å². The van der Waals surface area contributed by atoms with Gasteiger partial charge in [0.15, 0.2) is 5.65 Å². The third-order valence-electron chi connectivity index (χ3n) is 6.98. The number of aromatic amines is 1. The fraction of sp³-hybridized carbons (Fsp3) is 0.300. The van der Waals surface area contributed by atoms with Crippen molar-refractivity contribution in [3.63, 3.8) is 0 Å². The van der Waals surface area contributed by atoms with E-state index in [1.165, 1.54) is 12.8 Å². The Kier molecular flexibility index (Phi) is 7.14. The second-order valence-corrected chi connectivity index (χ2v) is 9.94. The lowest BCUT2D eigenvalue weighted by Crippen LogP contribution is -2.30. The number of aromatic nitrogens is 3. The molecular weight excluding hydrogens is 494 g/mol. The van der Waals surface area contributed by atoms with Crippen molar-refractivity contribution in [3.8, 4) is 28.9 Å². The van der Waals surface area contributed by atoms with Crippen molar-refractivity contribution in [2.45, 2.75) is 31.4 Å². The normalized spacial score (nSPS) is 17.3. The largest absolute Gasteiger partial charge is 0.471 e. The van der Waals surface area contributed by atoms with Crippen molar-refractivity contribution in [3.05, 3.63) is 79.0 Å². The van der Waals surface area contributed by atoms with Crippen molar-refractivity contribution >= 4 is 16.9 Å². The van der Waals surface area contributed by atoms with Gasteiger partial charge in [-0.1, -0.05) is 24.3 Å². The molecule has 4 aromatic rings. The predicted molar refractivity (Wildman–Crippen MR) is 147 cm³/mol. The third-order valence-corrected chi connectivity index (χ3v) is 6.98. The summed E-state index contributed by atoms with van der Waals surface area (Å²) < 4.78 is 18.3. The first-order chi connectivity index (χ1) is 19.1. The van der Waals surface area contributed by atoms with E-state index < -0.39 is 0 Å². The molecule has 1 N–H and O–H groups in total. The number of ether oxygens (including phenoxy) is 3. The number of nitrogens with zero attached hydrogens (tertiary/aromatic N) is 4. The van der Waals surface area contributed by atoms with Crippen LogP contribution in [-0.2, 0) is 4.79 Å². The van der Waals surface area contributed by atoms with Gasteiger partial charge in [0.1, 0.15) is 34.5 Å². The topological polar surface area (TPSA) is 92.8 Å². The number of likely N-dealkylation sites (N-methyl/N-ethyl adjacent to an activating group) is 1. The van der Waals surface area contributed by atoms with E-state index in [-0.39, 0.29) is 12.0 Å². The number of carbonyl (C=O) groups excluding carboxylic acids is 1. The molecule has 6 rings (SSSR count). The Hall–Kier alpha value is -4.37. The zero-order valence-corrected chi connectivity index (χ0v) is 21.8. The van der Waals surface area contributed by atoms with E-state index in [4.69, 9.17) is 14.2 Å². The number of carbonyl (C=O) groups is 1. The minimum atomic E-state index is -0.162. The van der Waals surface area contributed by atoms with Crippen LogP contribution in [0.15, 0.2) is 79.0 Å². The number of nitrogens with one attached hydrogen (secondary N) is 1. The molecule has 2 aromatic carbocycles. The maximum Gasteiger partial charge on any atom is 0.246 e. The molecule has 0 bridgehead atoms. The van der Waals surface area contributed by atoms with Crippen LogP contribution >= 0.6 is 0 Å². The van der Waals surface area contributed by atoms with Gasteiger partial charge in [-0.2, -0.15) is 0 Å². The molecule has 9 nitrogen and oxygen atoms in total. The molecule has 2 aliphatic rings. The molecule has 200 valence electrons. The Labute approximate surface area is 227 Å². The monoisotopic (exact) mass is 525 g/mol. The average Bonchev–Trinajstić information content (AvgIpc) is 3.57. The van der Waals surface area contributed by atoms with Gasteiger partial charge in [0.05, 0.1) is 6.54 Å². The van der Waals surface area contributed by atoms with Crippen LogP contribution in [-0.4, -0.2) is 69.7 Å². The van der Waals surface area contributed by atoms with Gasteiger partial charge in [0.25, 0.3) is 0 Å². The average molecular weight is 526 g/mol. The third kappa shape index (κ3) is 6.04. The number of para-hydroxylation sites is 1. The smallest absolute Gasteiger partial charge is 0.246 e. The lowest BCUT2D eigenvalue weighted by atomic mass is 10.3. The molecule has 0 spiro atoms. The first-order valence-corrected chi connectivity index (χ1v) is 13.3. The summed E-state index contributed by atoms with van der Waals surface area (Å²) in [5, 5.41) is 7.94. The zero-order valence-electron chi connectivity index (χ0n) is 21.8. The predicted octanol–water partition coefficient (Wildman–Crippen LogP) is 5.17.